The molecule has 3 amide bonds. The lowest BCUT2D eigenvalue weighted by Crippen LogP contribution is -2.56. The third-order valence-corrected chi connectivity index (χ3v) is 4.47. The van der Waals surface area contributed by atoms with Crippen LogP contribution in [0.1, 0.15) is 19.4 Å². The Morgan fingerprint density at radius 1 is 1.25 bits per heavy atom. The van der Waals surface area contributed by atoms with Crippen molar-refractivity contribution in [2.45, 2.75) is 26.1 Å². The highest BCUT2D eigenvalue weighted by atomic mass is 19.4. The molecule has 0 aromatic carbocycles. The van der Waals surface area contributed by atoms with E-state index in [0.717, 1.165) is 10.7 Å². The molecule has 1 unspecified atom stereocenters. The number of pyridine rings is 1. The van der Waals surface area contributed by atoms with Gasteiger partial charge in [0.2, 0.25) is 5.91 Å². The molecule has 150 valence electrons. The zero-order valence-electron chi connectivity index (χ0n) is 15.3. The van der Waals surface area contributed by atoms with Crippen LogP contribution >= 0.6 is 0 Å². The van der Waals surface area contributed by atoms with Crippen molar-refractivity contribution in [1.82, 2.24) is 24.6 Å². The first kappa shape index (κ1) is 19.6. The molecule has 3 heterocycles. The van der Waals surface area contributed by atoms with Crippen LogP contribution in [0.5, 0.6) is 0 Å². The number of anilines is 1. The Bertz CT molecular complexity index is 882. The smallest absolute Gasteiger partial charge is 0.339 e. The molecule has 0 radical (unpaired) electrons. The van der Waals surface area contributed by atoms with Crippen LogP contribution in [0.25, 0.3) is 5.82 Å². The second-order valence-electron chi connectivity index (χ2n) is 6.46. The minimum atomic E-state index is -4.58. The zero-order chi connectivity index (χ0) is 20.5. The van der Waals surface area contributed by atoms with Crippen LogP contribution in [0.3, 0.4) is 0 Å². The number of alkyl halides is 3. The molecule has 1 aliphatic heterocycles. The Hall–Kier alpha value is -3.11. The molecule has 2 aromatic rings. The third kappa shape index (κ3) is 4.07. The fourth-order valence-corrected chi connectivity index (χ4v) is 3.04. The summed E-state index contributed by atoms with van der Waals surface area (Å²) in [6.45, 7) is 4.48. The number of nitrogens with one attached hydrogen (secondary N) is 1. The second kappa shape index (κ2) is 7.49. The highest BCUT2D eigenvalue weighted by Gasteiger charge is 2.35. The number of hydrogen-bond acceptors (Lipinski definition) is 4. The molecular formula is C17H19F3N6O2. The topological polar surface area (TPSA) is 83.4 Å². The number of halogens is 3. The number of piperazine rings is 1. The molecule has 0 spiro atoms. The summed E-state index contributed by atoms with van der Waals surface area (Å²) in [6, 6.07) is 2.87. The maximum Gasteiger partial charge on any atom is 0.420 e. The van der Waals surface area contributed by atoms with Crippen LogP contribution in [-0.2, 0) is 11.0 Å². The molecule has 2 aromatic heterocycles. The summed E-state index contributed by atoms with van der Waals surface area (Å²) < 4.78 is 40.4. The van der Waals surface area contributed by atoms with Gasteiger partial charge in [-0.15, -0.1) is 5.10 Å². The largest absolute Gasteiger partial charge is 0.420 e. The van der Waals surface area contributed by atoms with Crippen LogP contribution in [0.15, 0.2) is 30.6 Å². The Morgan fingerprint density at radius 2 is 2.00 bits per heavy atom. The van der Waals surface area contributed by atoms with Gasteiger partial charge in [0, 0.05) is 51.1 Å². The molecule has 1 saturated heterocycles. The van der Waals surface area contributed by atoms with Gasteiger partial charge in [-0.05, 0) is 19.1 Å². The van der Waals surface area contributed by atoms with Crippen molar-refractivity contribution in [3.05, 3.63) is 36.2 Å². The van der Waals surface area contributed by atoms with Gasteiger partial charge < -0.3 is 9.80 Å². The van der Waals surface area contributed by atoms with Gasteiger partial charge in [-0.1, -0.05) is 0 Å². The molecule has 8 nitrogen and oxygen atoms in total. The summed E-state index contributed by atoms with van der Waals surface area (Å²) in [5, 5.41) is 6.57. The monoisotopic (exact) mass is 396 g/mol. The number of carbonyl (C=O) groups is 2. The van der Waals surface area contributed by atoms with E-state index >= 15 is 0 Å². The van der Waals surface area contributed by atoms with Crippen LogP contribution in [-0.4, -0.2) is 62.2 Å². The molecular weight excluding hydrogens is 377 g/mol. The number of hydrogen-bond donors (Lipinski definition) is 1. The summed E-state index contributed by atoms with van der Waals surface area (Å²) in [4.78, 5) is 30.9. The highest BCUT2D eigenvalue weighted by molar-refractivity contribution is 5.88. The number of urea groups is 1. The molecule has 1 atom stereocenters. The average Bonchev–Trinajstić information content (AvgIpc) is 3.09. The lowest BCUT2D eigenvalue weighted by molar-refractivity contribution is -0.137. The van der Waals surface area contributed by atoms with Gasteiger partial charge in [0.1, 0.15) is 5.56 Å². The van der Waals surface area contributed by atoms with Crippen molar-refractivity contribution >= 4 is 17.8 Å². The van der Waals surface area contributed by atoms with Gasteiger partial charge in [-0.3, -0.25) is 10.1 Å². The molecule has 0 aliphatic carbocycles. The first-order valence-electron chi connectivity index (χ1n) is 8.58. The normalized spacial score (nSPS) is 17.5. The number of carbonyl (C=O) groups excluding carboxylic acids is 2. The molecule has 11 heteroatoms. The standard InChI is InChI=1S/C17H19F3N6O2/c1-11-10-24(12(2)27)8-9-25(11)16(28)22-14-5-7-26(23-14)15-13(17(18,19)20)4-3-6-21-15/h3-7,11H,8-10H2,1-2H3,(H,22,23,28). The van der Waals surface area contributed by atoms with Crippen molar-refractivity contribution in [2.24, 2.45) is 0 Å². The van der Waals surface area contributed by atoms with E-state index in [1.54, 1.807) is 9.80 Å². The van der Waals surface area contributed by atoms with Gasteiger partial charge in [-0.2, -0.15) is 13.2 Å². The highest BCUT2D eigenvalue weighted by Crippen LogP contribution is 2.32. The number of amides is 3. The van der Waals surface area contributed by atoms with E-state index in [0.29, 0.717) is 19.6 Å². The predicted molar refractivity (Wildman–Crippen MR) is 93.8 cm³/mol. The van der Waals surface area contributed by atoms with Crippen molar-refractivity contribution in [1.29, 1.82) is 0 Å². The van der Waals surface area contributed by atoms with Gasteiger partial charge >= 0.3 is 12.2 Å². The van der Waals surface area contributed by atoms with E-state index in [9.17, 15) is 22.8 Å². The van der Waals surface area contributed by atoms with E-state index in [-0.39, 0.29) is 23.6 Å². The first-order valence-corrected chi connectivity index (χ1v) is 8.58. The maximum atomic E-state index is 13.1. The summed E-state index contributed by atoms with van der Waals surface area (Å²) in [5.74, 6) is -0.328. The fourth-order valence-electron chi connectivity index (χ4n) is 3.04. The van der Waals surface area contributed by atoms with E-state index in [4.69, 9.17) is 0 Å². The molecule has 1 aliphatic rings. The Morgan fingerprint density at radius 3 is 2.64 bits per heavy atom. The van der Waals surface area contributed by atoms with Gasteiger partial charge in [0.25, 0.3) is 0 Å². The molecule has 1 N–H and O–H groups in total. The quantitative estimate of drug-likeness (QED) is 0.845. The molecule has 3 rings (SSSR count). The summed E-state index contributed by atoms with van der Waals surface area (Å²) >= 11 is 0. The van der Waals surface area contributed by atoms with E-state index in [2.05, 4.69) is 15.4 Å². The van der Waals surface area contributed by atoms with Crippen molar-refractivity contribution < 1.29 is 22.8 Å². The Kier molecular flexibility index (Phi) is 5.25. The van der Waals surface area contributed by atoms with Gasteiger partial charge in [0.15, 0.2) is 11.6 Å². The number of nitrogens with zero attached hydrogens (tertiary/aromatic N) is 5. The molecule has 0 bridgehead atoms. The SMILES string of the molecule is CC(=O)N1CCN(C(=O)Nc2ccn(-c3ncccc3C(F)(F)F)n2)C(C)C1. The van der Waals surface area contributed by atoms with Gasteiger partial charge in [-0.25, -0.2) is 14.5 Å². The van der Waals surface area contributed by atoms with Crippen LogP contribution in [0, 0.1) is 0 Å². The Labute approximate surface area is 158 Å². The lowest BCUT2D eigenvalue weighted by Gasteiger charge is -2.39. The van der Waals surface area contributed by atoms with Crippen molar-refractivity contribution in [2.75, 3.05) is 25.0 Å². The lowest BCUT2D eigenvalue weighted by atomic mass is 10.2. The van der Waals surface area contributed by atoms with E-state index in [1.807, 2.05) is 6.92 Å². The minimum Gasteiger partial charge on any atom is -0.339 e. The van der Waals surface area contributed by atoms with Gasteiger partial charge in [0.05, 0.1) is 0 Å². The Balaban J connectivity index is 1.72. The summed E-state index contributed by atoms with van der Waals surface area (Å²) in [6.07, 6.45) is -2.05. The van der Waals surface area contributed by atoms with Crippen molar-refractivity contribution in [3.63, 3.8) is 0 Å². The summed E-state index contributed by atoms with van der Waals surface area (Å²) in [7, 11) is 0. The number of aromatic nitrogens is 3. The predicted octanol–water partition coefficient (Wildman–Crippen LogP) is 2.37. The number of rotatable bonds is 2. The fraction of sp³-hybridized carbons (Fsp3) is 0.412. The summed E-state index contributed by atoms with van der Waals surface area (Å²) in [5.41, 5.74) is -0.926. The van der Waals surface area contributed by atoms with E-state index in [1.165, 1.54) is 31.5 Å². The van der Waals surface area contributed by atoms with Crippen molar-refractivity contribution in [3.8, 4) is 5.82 Å². The first-order chi connectivity index (χ1) is 13.2. The third-order valence-electron chi connectivity index (χ3n) is 4.47. The van der Waals surface area contributed by atoms with Crippen LogP contribution in [0.2, 0.25) is 0 Å². The van der Waals surface area contributed by atoms with Crippen LogP contribution < -0.4 is 5.32 Å². The minimum absolute atomic E-state index is 0.0542. The average molecular weight is 396 g/mol. The molecule has 0 saturated carbocycles. The van der Waals surface area contributed by atoms with E-state index < -0.39 is 17.8 Å². The maximum absolute atomic E-state index is 13.1. The second-order valence-corrected chi connectivity index (χ2v) is 6.46. The molecule has 28 heavy (non-hydrogen) atoms. The zero-order valence-corrected chi connectivity index (χ0v) is 15.3. The van der Waals surface area contributed by atoms with Crippen LogP contribution in [0.4, 0.5) is 23.8 Å². The molecule has 1 fully saturated rings.